The van der Waals surface area contributed by atoms with E-state index in [1.165, 1.54) is 6.08 Å². The van der Waals surface area contributed by atoms with E-state index in [0.29, 0.717) is 24.9 Å². The molecule has 0 spiro atoms. The van der Waals surface area contributed by atoms with Crippen molar-refractivity contribution in [2.75, 3.05) is 13.1 Å². The van der Waals surface area contributed by atoms with Gasteiger partial charge in [0.05, 0.1) is 0 Å². The molecule has 0 aromatic heterocycles. The van der Waals surface area contributed by atoms with E-state index < -0.39 is 0 Å². The zero-order valence-electron chi connectivity index (χ0n) is 12.2. The van der Waals surface area contributed by atoms with Crippen molar-refractivity contribution in [3.8, 4) is 0 Å². The predicted molar refractivity (Wildman–Crippen MR) is 78.6 cm³/mol. The molecule has 0 fully saturated rings. The van der Waals surface area contributed by atoms with E-state index in [1.807, 2.05) is 6.08 Å². The first-order valence-electron chi connectivity index (χ1n) is 6.80. The number of rotatable bonds is 9. The van der Waals surface area contributed by atoms with Crippen molar-refractivity contribution in [3.63, 3.8) is 0 Å². The van der Waals surface area contributed by atoms with Crippen LogP contribution >= 0.6 is 0 Å². The molecule has 4 nitrogen and oxygen atoms in total. The summed E-state index contributed by atoms with van der Waals surface area (Å²) in [6, 6.07) is 0. The van der Waals surface area contributed by atoms with Crippen LogP contribution in [0.5, 0.6) is 0 Å². The van der Waals surface area contributed by atoms with Gasteiger partial charge in [-0.1, -0.05) is 33.4 Å². The van der Waals surface area contributed by atoms with Crippen molar-refractivity contribution in [3.05, 3.63) is 24.8 Å². The molecular formula is C15H26N2O2. The van der Waals surface area contributed by atoms with Crippen LogP contribution in [0, 0.1) is 11.8 Å². The lowest BCUT2D eigenvalue weighted by molar-refractivity contribution is -0.117. The number of carbonyl (C=O) groups is 2. The molecule has 2 N–H and O–H groups in total. The van der Waals surface area contributed by atoms with Gasteiger partial charge in [-0.25, -0.2) is 0 Å². The smallest absolute Gasteiger partial charge is 0.243 e. The Labute approximate surface area is 116 Å². The molecule has 0 aliphatic carbocycles. The molecule has 1 atom stereocenters. The Hall–Kier alpha value is -1.58. The molecule has 0 heterocycles. The lowest BCUT2D eigenvalue weighted by Crippen LogP contribution is -2.25. The van der Waals surface area contributed by atoms with Gasteiger partial charge in [0.25, 0.3) is 0 Å². The van der Waals surface area contributed by atoms with Gasteiger partial charge >= 0.3 is 0 Å². The summed E-state index contributed by atoms with van der Waals surface area (Å²) in [4.78, 5) is 22.3. The number of allylic oxidation sites excluding steroid dienone is 1. The van der Waals surface area contributed by atoms with Crippen LogP contribution in [0.1, 0.15) is 33.6 Å². The highest BCUT2D eigenvalue weighted by atomic mass is 16.2. The normalized spacial score (nSPS) is 12.4. The van der Waals surface area contributed by atoms with Gasteiger partial charge in [0.15, 0.2) is 0 Å². The van der Waals surface area contributed by atoms with Crippen molar-refractivity contribution in [1.82, 2.24) is 10.6 Å². The molecule has 0 radical (unpaired) electrons. The van der Waals surface area contributed by atoms with Crippen molar-refractivity contribution in [1.29, 1.82) is 0 Å². The summed E-state index contributed by atoms with van der Waals surface area (Å²) in [6.07, 6.45) is 6.46. The van der Waals surface area contributed by atoms with Crippen molar-refractivity contribution in [2.24, 2.45) is 11.8 Å². The second-order valence-corrected chi connectivity index (χ2v) is 5.17. The third-order valence-corrected chi connectivity index (χ3v) is 2.61. The number of nitrogens with one attached hydrogen (secondary N) is 2. The largest absolute Gasteiger partial charge is 0.353 e. The van der Waals surface area contributed by atoms with Crippen LogP contribution in [0.3, 0.4) is 0 Å². The molecule has 0 bridgehead atoms. The standard InChI is InChI=1S/C15H26N2O2/c1-5-14(18)16-10-9-13(4)7-6-8-15(19)17-11-12(2)3/h5-6,8,12-13H,1,7,9-11H2,2-4H3,(H,16,18)(H,17,19)/b8-6-. The molecule has 2 amide bonds. The maximum Gasteiger partial charge on any atom is 0.243 e. The van der Waals surface area contributed by atoms with E-state index in [4.69, 9.17) is 0 Å². The fraction of sp³-hybridized carbons (Fsp3) is 0.600. The minimum Gasteiger partial charge on any atom is -0.353 e. The zero-order chi connectivity index (χ0) is 14.7. The van der Waals surface area contributed by atoms with Gasteiger partial charge in [-0.2, -0.15) is 0 Å². The van der Waals surface area contributed by atoms with Crippen molar-refractivity contribution >= 4 is 11.8 Å². The van der Waals surface area contributed by atoms with E-state index in [0.717, 1.165) is 12.8 Å². The maximum atomic E-state index is 11.4. The topological polar surface area (TPSA) is 58.2 Å². The van der Waals surface area contributed by atoms with Gasteiger partial charge in [0.1, 0.15) is 0 Å². The number of hydrogen-bond acceptors (Lipinski definition) is 2. The molecule has 0 rings (SSSR count). The Kier molecular flexibility index (Phi) is 9.49. The maximum absolute atomic E-state index is 11.4. The monoisotopic (exact) mass is 266 g/mol. The average molecular weight is 266 g/mol. The average Bonchev–Trinajstić information content (AvgIpc) is 2.36. The Morgan fingerprint density at radius 3 is 2.42 bits per heavy atom. The molecule has 1 unspecified atom stereocenters. The minimum atomic E-state index is -0.143. The quantitative estimate of drug-likeness (QED) is 0.627. The van der Waals surface area contributed by atoms with Gasteiger partial charge < -0.3 is 10.6 Å². The molecule has 0 aliphatic rings. The fourth-order valence-electron chi connectivity index (χ4n) is 1.40. The second-order valence-electron chi connectivity index (χ2n) is 5.17. The SMILES string of the molecule is C=CC(=O)NCCC(C)C/C=C\C(=O)NCC(C)C. The van der Waals surface area contributed by atoms with Gasteiger partial charge in [-0.3, -0.25) is 9.59 Å². The molecule has 0 aromatic rings. The summed E-state index contributed by atoms with van der Waals surface area (Å²) in [5.41, 5.74) is 0. The van der Waals surface area contributed by atoms with Crippen LogP contribution in [0.15, 0.2) is 24.8 Å². The highest BCUT2D eigenvalue weighted by Crippen LogP contribution is 2.06. The molecule has 0 saturated carbocycles. The Balaban J connectivity index is 3.71. The van der Waals surface area contributed by atoms with Gasteiger partial charge in [0.2, 0.25) is 11.8 Å². The summed E-state index contributed by atoms with van der Waals surface area (Å²) < 4.78 is 0. The molecule has 0 saturated heterocycles. The van der Waals surface area contributed by atoms with Crippen LogP contribution in [0.4, 0.5) is 0 Å². The summed E-state index contributed by atoms with van der Waals surface area (Å²) in [6.45, 7) is 10.9. The summed E-state index contributed by atoms with van der Waals surface area (Å²) in [7, 11) is 0. The van der Waals surface area contributed by atoms with Crippen molar-refractivity contribution in [2.45, 2.75) is 33.6 Å². The Morgan fingerprint density at radius 2 is 1.84 bits per heavy atom. The third-order valence-electron chi connectivity index (χ3n) is 2.61. The van der Waals surface area contributed by atoms with Crippen LogP contribution in [0.25, 0.3) is 0 Å². The lowest BCUT2D eigenvalue weighted by atomic mass is 10.0. The predicted octanol–water partition coefficient (Wildman–Crippen LogP) is 2.03. The van der Waals surface area contributed by atoms with Crippen LogP contribution in [-0.2, 0) is 9.59 Å². The summed E-state index contributed by atoms with van der Waals surface area (Å²) >= 11 is 0. The van der Waals surface area contributed by atoms with E-state index in [-0.39, 0.29) is 11.8 Å². The first-order chi connectivity index (χ1) is 8.95. The minimum absolute atomic E-state index is 0.0409. The molecule has 0 aromatic carbocycles. The van der Waals surface area contributed by atoms with Crippen LogP contribution < -0.4 is 10.6 Å². The third kappa shape index (κ3) is 11.3. The van der Waals surface area contributed by atoms with Gasteiger partial charge in [-0.15, -0.1) is 0 Å². The summed E-state index contributed by atoms with van der Waals surface area (Å²) in [5, 5.41) is 5.56. The molecule has 19 heavy (non-hydrogen) atoms. The number of carbonyl (C=O) groups excluding carboxylic acids is 2. The second kappa shape index (κ2) is 10.4. The summed E-state index contributed by atoms with van der Waals surface area (Å²) in [5.74, 6) is 0.709. The van der Waals surface area contributed by atoms with E-state index in [9.17, 15) is 9.59 Å². The van der Waals surface area contributed by atoms with Crippen LogP contribution in [-0.4, -0.2) is 24.9 Å². The van der Waals surface area contributed by atoms with E-state index in [1.54, 1.807) is 6.08 Å². The van der Waals surface area contributed by atoms with Crippen LogP contribution in [0.2, 0.25) is 0 Å². The fourth-order valence-corrected chi connectivity index (χ4v) is 1.40. The first kappa shape index (κ1) is 17.4. The molecule has 4 heteroatoms. The van der Waals surface area contributed by atoms with Gasteiger partial charge in [0, 0.05) is 13.1 Å². The number of hydrogen-bond donors (Lipinski definition) is 2. The molecule has 0 aliphatic heterocycles. The molecular weight excluding hydrogens is 240 g/mol. The van der Waals surface area contributed by atoms with E-state index in [2.05, 4.69) is 38.0 Å². The Morgan fingerprint density at radius 1 is 1.16 bits per heavy atom. The zero-order valence-corrected chi connectivity index (χ0v) is 12.2. The van der Waals surface area contributed by atoms with Crippen molar-refractivity contribution < 1.29 is 9.59 Å². The highest BCUT2D eigenvalue weighted by molar-refractivity contribution is 5.87. The van der Waals surface area contributed by atoms with Gasteiger partial charge in [-0.05, 0) is 36.8 Å². The number of amides is 2. The Bertz CT molecular complexity index is 322. The highest BCUT2D eigenvalue weighted by Gasteiger charge is 2.02. The molecule has 108 valence electrons. The first-order valence-corrected chi connectivity index (χ1v) is 6.80. The van der Waals surface area contributed by atoms with E-state index >= 15 is 0 Å². The lowest BCUT2D eigenvalue weighted by Gasteiger charge is -2.09.